The average molecular weight is 443 g/mol. The molecule has 4 aromatic heterocycles. The number of hydrogen-bond acceptors (Lipinski definition) is 8. The van der Waals surface area contributed by atoms with Crippen LogP contribution >= 0.6 is 0 Å². The van der Waals surface area contributed by atoms with Crippen molar-refractivity contribution < 1.29 is 14.7 Å². The molecule has 10 heteroatoms. The Kier molecular flexibility index (Phi) is 4.70. The van der Waals surface area contributed by atoms with E-state index in [2.05, 4.69) is 25.6 Å². The molecule has 0 saturated heterocycles. The van der Waals surface area contributed by atoms with Gasteiger partial charge in [0.15, 0.2) is 5.82 Å². The lowest BCUT2D eigenvalue weighted by atomic mass is 10.1. The molecule has 1 aliphatic heterocycles. The summed E-state index contributed by atoms with van der Waals surface area (Å²) in [6.07, 6.45) is 7.39. The van der Waals surface area contributed by atoms with E-state index in [1.54, 1.807) is 63.8 Å². The van der Waals surface area contributed by atoms with Crippen LogP contribution in [0.4, 0.5) is 22.0 Å². The van der Waals surface area contributed by atoms with Crippen molar-refractivity contribution in [2.75, 3.05) is 10.6 Å². The molecule has 0 aliphatic carbocycles. The molecule has 10 nitrogen and oxygen atoms in total. The van der Waals surface area contributed by atoms with Crippen LogP contribution in [0, 0.1) is 0 Å². The first-order valence-electron chi connectivity index (χ1n) is 10.2. The molecule has 0 radical (unpaired) electrons. The van der Waals surface area contributed by atoms with Gasteiger partial charge in [-0.25, -0.2) is 14.8 Å². The van der Waals surface area contributed by atoms with Crippen molar-refractivity contribution in [1.82, 2.24) is 24.7 Å². The molecule has 0 unspecified atom stereocenters. The normalized spacial score (nSPS) is 12.0. The molecule has 1 aliphatic rings. The number of pyridine rings is 3. The molecule has 5 heterocycles. The molecule has 0 bridgehead atoms. The number of amides is 1. The molecule has 33 heavy (non-hydrogen) atoms. The van der Waals surface area contributed by atoms with Crippen LogP contribution in [0.5, 0.6) is 0 Å². The van der Waals surface area contributed by atoms with Crippen LogP contribution < -0.4 is 10.6 Å². The molecule has 1 amide bonds. The van der Waals surface area contributed by atoms with Gasteiger partial charge in [0.05, 0.1) is 23.8 Å². The Bertz CT molecular complexity index is 1370. The lowest BCUT2D eigenvalue weighted by Crippen LogP contribution is -2.27. The quantitative estimate of drug-likeness (QED) is 0.335. The van der Waals surface area contributed by atoms with Crippen LogP contribution in [-0.4, -0.2) is 41.6 Å². The van der Waals surface area contributed by atoms with Crippen molar-refractivity contribution in [2.24, 2.45) is 0 Å². The van der Waals surface area contributed by atoms with Crippen molar-refractivity contribution >= 4 is 23.3 Å². The Balaban J connectivity index is 1.67. The summed E-state index contributed by atoms with van der Waals surface area (Å²) in [7, 11) is 0. The van der Waals surface area contributed by atoms with Crippen molar-refractivity contribution in [3.63, 3.8) is 0 Å². The van der Waals surface area contributed by atoms with Crippen molar-refractivity contribution in [2.45, 2.75) is 26.4 Å². The summed E-state index contributed by atoms with van der Waals surface area (Å²) in [5.74, 6) is 0.824. The number of anilines is 3. The second-order valence-corrected chi connectivity index (χ2v) is 8.44. The van der Waals surface area contributed by atoms with E-state index in [4.69, 9.17) is 9.72 Å². The highest BCUT2D eigenvalue weighted by Gasteiger charge is 2.29. The first-order valence-corrected chi connectivity index (χ1v) is 10.2. The highest BCUT2D eigenvalue weighted by atomic mass is 16.6. The van der Waals surface area contributed by atoms with Gasteiger partial charge >= 0.3 is 6.09 Å². The number of carbonyl (C=O) groups excluding carboxylic acids is 1. The van der Waals surface area contributed by atoms with Crippen molar-refractivity contribution in [3.05, 3.63) is 55.2 Å². The van der Waals surface area contributed by atoms with E-state index in [1.165, 1.54) is 6.20 Å². The molecular weight excluding hydrogens is 422 g/mol. The zero-order chi connectivity index (χ0) is 23.2. The standard InChI is InChI=1S/C23H21N7O3/c1-23(2,3)33-22(31)28-17-12-25-10-7-14(17)21-29-18-15-5-4-8-26-20(15)27-16-11-24-9-6-13(16)19(18)30(21)32/h4-12,32H,1-3H3,(H,26,27)(H,28,31). The van der Waals surface area contributed by atoms with Crippen LogP contribution in [0.15, 0.2) is 55.2 Å². The van der Waals surface area contributed by atoms with E-state index in [9.17, 15) is 10.0 Å². The summed E-state index contributed by atoms with van der Waals surface area (Å²) in [6.45, 7) is 5.33. The fourth-order valence-corrected chi connectivity index (χ4v) is 3.64. The summed E-state index contributed by atoms with van der Waals surface area (Å²) >= 11 is 0. The maximum atomic E-state index is 12.4. The Morgan fingerprint density at radius 2 is 1.82 bits per heavy atom. The second-order valence-electron chi connectivity index (χ2n) is 8.44. The molecule has 166 valence electrons. The van der Waals surface area contributed by atoms with Gasteiger partial charge in [-0.2, -0.15) is 4.73 Å². The van der Waals surface area contributed by atoms with Crippen LogP contribution in [0.2, 0.25) is 0 Å². The van der Waals surface area contributed by atoms with Gasteiger partial charge < -0.3 is 15.3 Å². The van der Waals surface area contributed by atoms with Gasteiger partial charge in [0.25, 0.3) is 0 Å². The Hall–Kier alpha value is -4.47. The number of ether oxygens (including phenoxy) is 1. The lowest BCUT2D eigenvalue weighted by Gasteiger charge is -2.20. The van der Waals surface area contributed by atoms with Gasteiger partial charge in [0.1, 0.15) is 22.8 Å². The minimum atomic E-state index is -0.666. The Labute approximate surface area is 189 Å². The SMILES string of the molecule is CC(C)(C)OC(=O)Nc1cnccc1-c1nc2c(n1O)-c1ccncc1Nc1ncccc1-2. The molecule has 0 aromatic carbocycles. The monoisotopic (exact) mass is 443 g/mol. The molecule has 0 spiro atoms. The third-order valence-electron chi connectivity index (χ3n) is 4.94. The van der Waals surface area contributed by atoms with Gasteiger partial charge in [0.2, 0.25) is 0 Å². The van der Waals surface area contributed by atoms with Crippen molar-refractivity contribution in [1.29, 1.82) is 0 Å². The zero-order valence-corrected chi connectivity index (χ0v) is 18.2. The first kappa shape index (κ1) is 20.4. The number of rotatable bonds is 2. The summed E-state index contributed by atoms with van der Waals surface area (Å²) in [6, 6.07) is 7.13. The third kappa shape index (κ3) is 3.71. The highest BCUT2D eigenvalue weighted by molar-refractivity contribution is 5.97. The van der Waals surface area contributed by atoms with Crippen LogP contribution in [0.1, 0.15) is 20.8 Å². The topological polar surface area (TPSA) is 127 Å². The average Bonchev–Trinajstić information content (AvgIpc) is 3.02. The number of nitrogens with zero attached hydrogens (tertiary/aromatic N) is 5. The molecular formula is C23H21N7O3. The van der Waals surface area contributed by atoms with Gasteiger partial charge in [-0.1, -0.05) is 0 Å². The summed E-state index contributed by atoms with van der Waals surface area (Å²) in [5, 5.41) is 17.3. The maximum Gasteiger partial charge on any atom is 0.412 e. The van der Waals surface area contributed by atoms with E-state index in [1.807, 2.05) is 6.07 Å². The number of carbonyl (C=O) groups is 1. The van der Waals surface area contributed by atoms with Gasteiger partial charge in [-0.15, -0.1) is 0 Å². The largest absolute Gasteiger partial charge is 0.444 e. The highest BCUT2D eigenvalue weighted by Crippen LogP contribution is 2.44. The van der Waals surface area contributed by atoms with Gasteiger partial charge in [-0.3, -0.25) is 15.3 Å². The van der Waals surface area contributed by atoms with E-state index >= 15 is 0 Å². The molecule has 0 atom stereocenters. The number of fused-ring (bicyclic) bond motifs is 5. The number of aromatic nitrogens is 5. The molecule has 4 aromatic rings. The van der Waals surface area contributed by atoms with Crippen LogP contribution in [0.3, 0.4) is 0 Å². The molecule has 5 rings (SSSR count). The van der Waals surface area contributed by atoms with Crippen LogP contribution in [0.25, 0.3) is 33.9 Å². The van der Waals surface area contributed by atoms with E-state index in [-0.39, 0.29) is 5.82 Å². The summed E-state index contributed by atoms with van der Waals surface area (Å²) < 4.78 is 6.37. The Morgan fingerprint density at radius 1 is 1.06 bits per heavy atom. The van der Waals surface area contributed by atoms with Crippen LogP contribution in [-0.2, 0) is 4.74 Å². The molecule has 0 fully saturated rings. The zero-order valence-electron chi connectivity index (χ0n) is 18.2. The fourth-order valence-electron chi connectivity index (χ4n) is 3.64. The van der Waals surface area contributed by atoms with Gasteiger partial charge in [-0.05, 0) is 45.0 Å². The minimum Gasteiger partial charge on any atom is -0.444 e. The maximum absolute atomic E-state index is 12.4. The number of imidazole rings is 1. The first-order chi connectivity index (χ1) is 15.8. The predicted molar refractivity (Wildman–Crippen MR) is 122 cm³/mol. The van der Waals surface area contributed by atoms with Crippen molar-refractivity contribution in [3.8, 4) is 33.9 Å². The lowest BCUT2D eigenvalue weighted by molar-refractivity contribution is 0.0636. The number of nitrogens with one attached hydrogen (secondary N) is 2. The number of hydrogen-bond donors (Lipinski definition) is 3. The third-order valence-corrected chi connectivity index (χ3v) is 4.94. The fraction of sp³-hybridized carbons (Fsp3) is 0.174. The Morgan fingerprint density at radius 3 is 2.61 bits per heavy atom. The minimum absolute atomic E-state index is 0.230. The second kappa shape index (κ2) is 7.59. The summed E-state index contributed by atoms with van der Waals surface area (Å²) in [4.78, 5) is 29.9. The van der Waals surface area contributed by atoms with Gasteiger partial charge in [0, 0.05) is 35.3 Å². The predicted octanol–water partition coefficient (Wildman–Crippen LogP) is 4.71. The van der Waals surface area contributed by atoms with E-state index < -0.39 is 11.7 Å². The smallest absolute Gasteiger partial charge is 0.412 e. The summed E-state index contributed by atoms with van der Waals surface area (Å²) in [5.41, 5.74) is 3.26. The van der Waals surface area contributed by atoms with E-state index in [0.717, 1.165) is 4.73 Å². The molecule has 3 N–H and O–H groups in total. The van der Waals surface area contributed by atoms with E-state index in [0.29, 0.717) is 45.3 Å². The molecule has 0 saturated carbocycles.